The van der Waals surface area contributed by atoms with Crippen molar-refractivity contribution in [1.29, 1.82) is 0 Å². The van der Waals surface area contributed by atoms with E-state index >= 15 is 0 Å². The fourth-order valence-corrected chi connectivity index (χ4v) is 3.43. The summed E-state index contributed by atoms with van der Waals surface area (Å²) in [6.45, 7) is 3.73. The molecule has 0 spiro atoms. The Balaban J connectivity index is 1.40. The Morgan fingerprint density at radius 1 is 1.17 bits per heavy atom. The summed E-state index contributed by atoms with van der Waals surface area (Å²) in [4.78, 5) is 23.4. The van der Waals surface area contributed by atoms with Gasteiger partial charge in [0.1, 0.15) is 12.0 Å². The molecule has 1 aliphatic rings. The largest absolute Gasteiger partial charge is 0.444 e. The van der Waals surface area contributed by atoms with Gasteiger partial charge < -0.3 is 20.0 Å². The molecule has 1 aliphatic heterocycles. The molecule has 7 nitrogen and oxygen atoms in total. The number of anilines is 1. The summed E-state index contributed by atoms with van der Waals surface area (Å²) in [5.41, 5.74) is 2.60. The van der Waals surface area contributed by atoms with Gasteiger partial charge in [0, 0.05) is 30.8 Å². The Kier molecular flexibility index (Phi) is 6.08. The zero-order valence-electron chi connectivity index (χ0n) is 16.9. The Morgan fingerprint density at radius 2 is 1.90 bits per heavy atom. The minimum Gasteiger partial charge on any atom is -0.444 e. The highest BCUT2D eigenvalue weighted by Gasteiger charge is 2.31. The number of hydrogen-bond acceptors (Lipinski definition) is 4. The van der Waals surface area contributed by atoms with Gasteiger partial charge in [-0.1, -0.05) is 36.4 Å². The highest BCUT2D eigenvalue weighted by molar-refractivity contribution is 5.97. The zero-order chi connectivity index (χ0) is 20.8. The molecule has 1 unspecified atom stereocenters. The molecule has 2 aromatic carbocycles. The van der Waals surface area contributed by atoms with E-state index in [2.05, 4.69) is 20.6 Å². The van der Waals surface area contributed by atoms with Crippen LogP contribution in [-0.4, -0.2) is 36.0 Å². The number of nitrogens with zero attached hydrogens (tertiary/aromatic N) is 3. The van der Waals surface area contributed by atoms with E-state index < -0.39 is 0 Å². The number of rotatable bonds is 6. The SMILES string of the molecule is CCNC(=NCc1coc(-c2ccccc2)n1)NC1CC(=O)N(c2ccccc2)C1. The van der Waals surface area contributed by atoms with E-state index in [0.29, 0.717) is 31.4 Å². The van der Waals surface area contributed by atoms with Crippen LogP contribution in [0.4, 0.5) is 5.69 Å². The molecule has 30 heavy (non-hydrogen) atoms. The molecule has 1 aromatic heterocycles. The first-order valence-electron chi connectivity index (χ1n) is 10.1. The van der Waals surface area contributed by atoms with E-state index in [1.54, 1.807) is 6.26 Å². The third-order valence-corrected chi connectivity index (χ3v) is 4.85. The molecule has 3 aromatic rings. The molecule has 0 saturated carbocycles. The second-order valence-electron chi connectivity index (χ2n) is 7.09. The van der Waals surface area contributed by atoms with Gasteiger partial charge in [0.25, 0.3) is 0 Å². The number of hydrogen-bond donors (Lipinski definition) is 2. The van der Waals surface area contributed by atoms with Crippen molar-refractivity contribution in [3.05, 3.63) is 72.6 Å². The second kappa shape index (κ2) is 9.26. The van der Waals surface area contributed by atoms with E-state index in [1.807, 2.05) is 72.5 Å². The van der Waals surface area contributed by atoms with Crippen molar-refractivity contribution >= 4 is 17.6 Å². The smallest absolute Gasteiger partial charge is 0.229 e. The number of oxazole rings is 1. The summed E-state index contributed by atoms with van der Waals surface area (Å²) in [5, 5.41) is 6.61. The average molecular weight is 403 g/mol. The average Bonchev–Trinajstić information content (AvgIpc) is 3.40. The van der Waals surface area contributed by atoms with Gasteiger partial charge in [-0.2, -0.15) is 0 Å². The van der Waals surface area contributed by atoms with E-state index in [1.165, 1.54) is 0 Å². The van der Waals surface area contributed by atoms with E-state index in [-0.39, 0.29) is 11.9 Å². The summed E-state index contributed by atoms with van der Waals surface area (Å²) in [5.74, 6) is 1.35. The van der Waals surface area contributed by atoms with Crippen LogP contribution in [0.5, 0.6) is 0 Å². The third kappa shape index (κ3) is 4.68. The number of nitrogens with one attached hydrogen (secondary N) is 2. The van der Waals surface area contributed by atoms with Crippen molar-refractivity contribution in [3.63, 3.8) is 0 Å². The quantitative estimate of drug-likeness (QED) is 0.488. The summed E-state index contributed by atoms with van der Waals surface area (Å²) < 4.78 is 5.58. The molecule has 154 valence electrons. The molecule has 1 atom stereocenters. The van der Waals surface area contributed by atoms with Gasteiger partial charge in [-0.05, 0) is 31.2 Å². The monoisotopic (exact) mass is 403 g/mol. The third-order valence-electron chi connectivity index (χ3n) is 4.85. The van der Waals surface area contributed by atoms with Crippen LogP contribution >= 0.6 is 0 Å². The number of aliphatic imine (C=N–C) groups is 1. The van der Waals surface area contributed by atoms with Crippen molar-refractivity contribution in [3.8, 4) is 11.5 Å². The number of amides is 1. The minimum atomic E-state index is -0.00676. The molecule has 1 saturated heterocycles. The maximum Gasteiger partial charge on any atom is 0.229 e. The number of para-hydroxylation sites is 1. The molecule has 0 radical (unpaired) electrons. The number of carbonyl (C=O) groups excluding carboxylic acids is 1. The zero-order valence-corrected chi connectivity index (χ0v) is 16.9. The van der Waals surface area contributed by atoms with Crippen LogP contribution in [0.15, 0.2) is 76.3 Å². The molecule has 1 fully saturated rings. The lowest BCUT2D eigenvalue weighted by atomic mass is 10.2. The van der Waals surface area contributed by atoms with E-state index in [0.717, 1.165) is 23.5 Å². The predicted octanol–water partition coefficient (Wildman–Crippen LogP) is 3.20. The molecule has 0 bridgehead atoms. The molecule has 2 N–H and O–H groups in total. The first-order valence-corrected chi connectivity index (χ1v) is 10.1. The Labute approximate surface area is 175 Å². The maximum atomic E-state index is 12.4. The van der Waals surface area contributed by atoms with Gasteiger partial charge in [0.2, 0.25) is 11.8 Å². The number of guanidine groups is 1. The van der Waals surface area contributed by atoms with Crippen molar-refractivity contribution in [2.75, 3.05) is 18.0 Å². The standard InChI is InChI=1S/C23H25N5O2/c1-2-24-23(25-14-19-16-30-22(26-19)17-9-5-3-6-10-17)27-18-13-21(29)28(15-18)20-11-7-4-8-12-20/h3-12,16,18H,2,13-15H2,1H3,(H2,24,25,27). The Bertz CT molecular complexity index is 1000. The van der Waals surface area contributed by atoms with Gasteiger partial charge in [-0.15, -0.1) is 0 Å². The van der Waals surface area contributed by atoms with Crippen LogP contribution in [0, 0.1) is 0 Å². The second-order valence-corrected chi connectivity index (χ2v) is 7.09. The topological polar surface area (TPSA) is 82.8 Å². The molecule has 1 amide bonds. The normalized spacial score (nSPS) is 16.7. The van der Waals surface area contributed by atoms with Crippen molar-refractivity contribution in [2.45, 2.75) is 25.9 Å². The van der Waals surface area contributed by atoms with Crippen LogP contribution in [-0.2, 0) is 11.3 Å². The molecule has 7 heteroatoms. The summed E-state index contributed by atoms with van der Waals surface area (Å²) in [7, 11) is 0. The maximum absolute atomic E-state index is 12.4. The van der Waals surface area contributed by atoms with Crippen LogP contribution < -0.4 is 15.5 Å². The van der Waals surface area contributed by atoms with Gasteiger partial charge in [-0.3, -0.25) is 4.79 Å². The lowest BCUT2D eigenvalue weighted by Crippen LogP contribution is -2.44. The molecule has 4 rings (SSSR count). The highest BCUT2D eigenvalue weighted by atomic mass is 16.3. The number of carbonyl (C=O) groups is 1. The predicted molar refractivity (Wildman–Crippen MR) is 117 cm³/mol. The van der Waals surface area contributed by atoms with E-state index in [9.17, 15) is 4.79 Å². The van der Waals surface area contributed by atoms with Gasteiger partial charge in [-0.25, -0.2) is 9.98 Å². The van der Waals surface area contributed by atoms with Crippen molar-refractivity contribution in [1.82, 2.24) is 15.6 Å². The van der Waals surface area contributed by atoms with Gasteiger partial charge in [0.05, 0.1) is 12.6 Å². The van der Waals surface area contributed by atoms with Gasteiger partial charge in [0.15, 0.2) is 5.96 Å². The lowest BCUT2D eigenvalue weighted by molar-refractivity contribution is -0.117. The summed E-state index contributed by atoms with van der Waals surface area (Å²) >= 11 is 0. The van der Waals surface area contributed by atoms with E-state index in [4.69, 9.17) is 4.42 Å². The number of aromatic nitrogens is 1. The van der Waals surface area contributed by atoms with Gasteiger partial charge >= 0.3 is 0 Å². The van der Waals surface area contributed by atoms with Crippen molar-refractivity contribution in [2.24, 2.45) is 4.99 Å². The molecular weight excluding hydrogens is 378 g/mol. The fourth-order valence-electron chi connectivity index (χ4n) is 3.43. The summed E-state index contributed by atoms with van der Waals surface area (Å²) in [6, 6.07) is 19.5. The first-order chi connectivity index (χ1) is 14.7. The molecule has 2 heterocycles. The lowest BCUT2D eigenvalue weighted by Gasteiger charge is -2.18. The molecular formula is C23H25N5O2. The fraction of sp³-hybridized carbons (Fsp3) is 0.261. The van der Waals surface area contributed by atoms with Crippen LogP contribution in [0.2, 0.25) is 0 Å². The minimum absolute atomic E-state index is 0.00676. The first kappa shape index (κ1) is 19.7. The Morgan fingerprint density at radius 3 is 2.63 bits per heavy atom. The highest BCUT2D eigenvalue weighted by Crippen LogP contribution is 2.21. The molecule has 0 aliphatic carbocycles. The van der Waals surface area contributed by atoms with Crippen LogP contribution in [0.25, 0.3) is 11.5 Å². The van der Waals surface area contributed by atoms with Crippen LogP contribution in [0.1, 0.15) is 19.0 Å². The Hall–Kier alpha value is -3.61. The van der Waals surface area contributed by atoms with Crippen LogP contribution in [0.3, 0.4) is 0 Å². The summed E-state index contributed by atoms with van der Waals surface area (Å²) in [6.07, 6.45) is 2.06. The number of benzene rings is 2. The van der Waals surface area contributed by atoms with Crippen molar-refractivity contribution < 1.29 is 9.21 Å².